The highest BCUT2D eigenvalue weighted by Crippen LogP contribution is 2.07. The fraction of sp³-hybridized carbons (Fsp3) is 0.583. The van der Waals surface area contributed by atoms with Crippen LogP contribution < -0.4 is 10.1 Å². The Morgan fingerprint density at radius 3 is 2.69 bits per heavy atom. The number of hydrogen-bond acceptors (Lipinski definition) is 4. The minimum Gasteiger partial charge on any atom is -0.475 e. The van der Waals surface area contributed by atoms with E-state index in [0.29, 0.717) is 25.1 Å². The number of nitrogens with zero attached hydrogens (tertiary/aromatic N) is 1. The molecule has 0 amide bonds. The highest BCUT2D eigenvalue weighted by molar-refractivity contribution is 5.17. The Morgan fingerprint density at radius 1 is 1.31 bits per heavy atom. The molecule has 4 heteroatoms. The minimum atomic E-state index is 0.484. The van der Waals surface area contributed by atoms with E-state index in [2.05, 4.69) is 24.1 Å². The summed E-state index contributed by atoms with van der Waals surface area (Å²) in [6.45, 7) is 6.19. The van der Waals surface area contributed by atoms with Crippen molar-refractivity contribution in [1.29, 1.82) is 0 Å². The van der Waals surface area contributed by atoms with E-state index in [1.807, 2.05) is 18.3 Å². The second-order valence-electron chi connectivity index (χ2n) is 3.88. The van der Waals surface area contributed by atoms with Gasteiger partial charge in [0.05, 0.1) is 6.61 Å². The topological polar surface area (TPSA) is 43.4 Å². The maximum Gasteiger partial charge on any atom is 0.213 e. The van der Waals surface area contributed by atoms with Gasteiger partial charge in [-0.15, -0.1) is 0 Å². The van der Waals surface area contributed by atoms with E-state index in [9.17, 15) is 0 Å². The van der Waals surface area contributed by atoms with Crippen molar-refractivity contribution in [3.63, 3.8) is 0 Å². The maximum absolute atomic E-state index is 5.37. The number of ether oxygens (including phenoxy) is 2. The summed E-state index contributed by atoms with van der Waals surface area (Å²) in [4.78, 5) is 4.21. The average Bonchev–Trinajstić information content (AvgIpc) is 2.28. The second-order valence-corrected chi connectivity index (χ2v) is 3.88. The lowest BCUT2D eigenvalue weighted by Crippen LogP contribution is -2.21. The zero-order valence-corrected chi connectivity index (χ0v) is 10.2. The molecule has 0 unspecified atom stereocenters. The van der Waals surface area contributed by atoms with Gasteiger partial charge in [0.15, 0.2) is 0 Å². The first-order valence-corrected chi connectivity index (χ1v) is 5.52. The van der Waals surface area contributed by atoms with Gasteiger partial charge in [0.2, 0.25) is 5.88 Å². The molecule has 0 fully saturated rings. The largest absolute Gasteiger partial charge is 0.475 e. The monoisotopic (exact) mass is 224 g/mol. The van der Waals surface area contributed by atoms with Crippen LogP contribution in [0.15, 0.2) is 18.3 Å². The normalized spacial score (nSPS) is 10.8. The molecule has 1 heterocycles. The first-order valence-electron chi connectivity index (χ1n) is 5.52. The van der Waals surface area contributed by atoms with Gasteiger partial charge in [-0.2, -0.15) is 0 Å². The number of hydrogen-bond donors (Lipinski definition) is 1. The molecular weight excluding hydrogens is 204 g/mol. The second kappa shape index (κ2) is 7.19. The lowest BCUT2D eigenvalue weighted by atomic mass is 10.2. The summed E-state index contributed by atoms with van der Waals surface area (Å²) in [5, 5.41) is 3.33. The molecule has 0 aliphatic heterocycles. The van der Waals surface area contributed by atoms with Gasteiger partial charge >= 0.3 is 0 Å². The Bertz CT molecular complexity index is 286. The van der Waals surface area contributed by atoms with E-state index in [0.717, 1.165) is 12.1 Å². The lowest BCUT2D eigenvalue weighted by Gasteiger charge is -2.08. The summed E-state index contributed by atoms with van der Waals surface area (Å²) >= 11 is 0. The number of pyridine rings is 1. The molecule has 0 spiro atoms. The number of methoxy groups -OCH3 is 1. The molecule has 16 heavy (non-hydrogen) atoms. The number of nitrogens with one attached hydrogen (secondary N) is 1. The molecule has 0 saturated heterocycles. The summed E-state index contributed by atoms with van der Waals surface area (Å²) in [7, 11) is 1.65. The van der Waals surface area contributed by atoms with E-state index in [4.69, 9.17) is 9.47 Å². The van der Waals surface area contributed by atoms with Crippen molar-refractivity contribution in [2.24, 2.45) is 0 Å². The molecule has 90 valence electrons. The van der Waals surface area contributed by atoms with Gasteiger partial charge in [0, 0.05) is 32.0 Å². The van der Waals surface area contributed by atoms with Crippen LogP contribution in [-0.4, -0.2) is 31.3 Å². The van der Waals surface area contributed by atoms with Crippen molar-refractivity contribution in [2.45, 2.75) is 26.4 Å². The zero-order valence-electron chi connectivity index (χ0n) is 10.2. The Hall–Kier alpha value is -1.13. The van der Waals surface area contributed by atoms with Crippen molar-refractivity contribution in [1.82, 2.24) is 10.3 Å². The highest BCUT2D eigenvalue weighted by atomic mass is 16.5. The standard InChI is InChI=1S/C12H20N2O2/c1-10(2)13-8-11-4-5-12(14-9-11)16-7-6-15-3/h4-5,9-10,13H,6-8H2,1-3H3. The van der Waals surface area contributed by atoms with E-state index in [1.165, 1.54) is 0 Å². The Labute approximate surface area is 97.0 Å². The maximum atomic E-state index is 5.37. The van der Waals surface area contributed by atoms with E-state index in [1.54, 1.807) is 7.11 Å². The fourth-order valence-corrected chi connectivity index (χ4v) is 1.15. The summed E-state index contributed by atoms with van der Waals surface area (Å²) in [6.07, 6.45) is 1.83. The van der Waals surface area contributed by atoms with Crippen LogP contribution in [0.5, 0.6) is 5.88 Å². The van der Waals surface area contributed by atoms with Crippen LogP contribution in [0.3, 0.4) is 0 Å². The summed E-state index contributed by atoms with van der Waals surface area (Å²) in [6, 6.07) is 4.38. The smallest absolute Gasteiger partial charge is 0.213 e. The molecular formula is C12H20N2O2. The van der Waals surface area contributed by atoms with Gasteiger partial charge in [0.25, 0.3) is 0 Å². The Balaban J connectivity index is 2.35. The van der Waals surface area contributed by atoms with Crippen molar-refractivity contribution in [3.05, 3.63) is 23.9 Å². The van der Waals surface area contributed by atoms with Gasteiger partial charge in [-0.3, -0.25) is 0 Å². The van der Waals surface area contributed by atoms with Gasteiger partial charge in [-0.05, 0) is 5.56 Å². The molecule has 0 aliphatic rings. The quantitative estimate of drug-likeness (QED) is 0.714. The van der Waals surface area contributed by atoms with Crippen molar-refractivity contribution >= 4 is 0 Å². The Kier molecular flexibility index (Phi) is 5.82. The average molecular weight is 224 g/mol. The third kappa shape index (κ3) is 5.09. The van der Waals surface area contributed by atoms with Crippen LogP contribution in [0.1, 0.15) is 19.4 Å². The SMILES string of the molecule is COCCOc1ccc(CNC(C)C)cn1. The molecule has 1 rings (SSSR count). The van der Waals surface area contributed by atoms with Crippen LogP contribution in [0, 0.1) is 0 Å². The van der Waals surface area contributed by atoms with Crippen LogP contribution in [0.2, 0.25) is 0 Å². The van der Waals surface area contributed by atoms with Crippen LogP contribution in [0.4, 0.5) is 0 Å². The molecule has 4 nitrogen and oxygen atoms in total. The van der Waals surface area contributed by atoms with Crippen molar-refractivity contribution < 1.29 is 9.47 Å². The first kappa shape index (κ1) is 12.9. The predicted octanol–water partition coefficient (Wildman–Crippen LogP) is 1.60. The van der Waals surface area contributed by atoms with E-state index < -0.39 is 0 Å². The minimum absolute atomic E-state index is 0.484. The van der Waals surface area contributed by atoms with E-state index in [-0.39, 0.29) is 0 Å². The number of aromatic nitrogens is 1. The van der Waals surface area contributed by atoms with Gasteiger partial charge in [0.1, 0.15) is 6.61 Å². The molecule has 1 aromatic rings. The van der Waals surface area contributed by atoms with Gasteiger partial charge < -0.3 is 14.8 Å². The molecule has 0 radical (unpaired) electrons. The lowest BCUT2D eigenvalue weighted by molar-refractivity contribution is 0.143. The molecule has 0 aliphatic carbocycles. The molecule has 0 atom stereocenters. The van der Waals surface area contributed by atoms with Crippen LogP contribution in [0.25, 0.3) is 0 Å². The van der Waals surface area contributed by atoms with E-state index >= 15 is 0 Å². The predicted molar refractivity (Wildman–Crippen MR) is 63.6 cm³/mol. The zero-order chi connectivity index (χ0) is 11.8. The molecule has 1 aromatic heterocycles. The third-order valence-electron chi connectivity index (χ3n) is 2.05. The molecule has 0 bridgehead atoms. The Morgan fingerprint density at radius 2 is 2.12 bits per heavy atom. The summed E-state index contributed by atoms with van der Waals surface area (Å²) in [5.41, 5.74) is 1.16. The third-order valence-corrected chi connectivity index (χ3v) is 2.05. The molecule has 0 aromatic carbocycles. The fourth-order valence-electron chi connectivity index (χ4n) is 1.15. The van der Waals surface area contributed by atoms with Crippen LogP contribution >= 0.6 is 0 Å². The van der Waals surface area contributed by atoms with Crippen LogP contribution in [-0.2, 0) is 11.3 Å². The van der Waals surface area contributed by atoms with Gasteiger partial charge in [-0.25, -0.2) is 4.98 Å². The highest BCUT2D eigenvalue weighted by Gasteiger charge is 1.98. The number of rotatable bonds is 7. The van der Waals surface area contributed by atoms with Crippen molar-refractivity contribution in [3.8, 4) is 5.88 Å². The molecule has 0 saturated carbocycles. The van der Waals surface area contributed by atoms with Gasteiger partial charge in [-0.1, -0.05) is 19.9 Å². The summed E-state index contributed by atoms with van der Waals surface area (Å²) < 4.78 is 10.3. The first-order chi connectivity index (χ1) is 7.72. The summed E-state index contributed by atoms with van der Waals surface area (Å²) in [5.74, 6) is 0.644. The van der Waals surface area contributed by atoms with Crippen molar-refractivity contribution in [2.75, 3.05) is 20.3 Å². The molecule has 1 N–H and O–H groups in total.